The zero-order valence-electron chi connectivity index (χ0n) is 16.3. The molecule has 0 aromatic heterocycles. The molecule has 0 saturated heterocycles. The Morgan fingerprint density at radius 3 is 2.57 bits per heavy atom. The molecule has 1 N–H and O–H groups in total. The normalized spacial score (nSPS) is 22.4. The highest BCUT2D eigenvalue weighted by Crippen LogP contribution is 2.50. The van der Waals surface area contributed by atoms with Crippen molar-refractivity contribution in [1.82, 2.24) is 5.32 Å². The Morgan fingerprint density at radius 1 is 0.964 bits per heavy atom. The van der Waals surface area contributed by atoms with Gasteiger partial charge in [0.15, 0.2) is 0 Å². The second-order valence-corrected chi connectivity index (χ2v) is 9.41. The van der Waals surface area contributed by atoms with Gasteiger partial charge in [0.25, 0.3) is 0 Å². The van der Waals surface area contributed by atoms with Crippen molar-refractivity contribution in [3.05, 3.63) is 89.9 Å². The van der Waals surface area contributed by atoms with Crippen molar-refractivity contribution in [1.29, 1.82) is 0 Å². The van der Waals surface area contributed by atoms with Crippen LogP contribution in [0.5, 0.6) is 0 Å². The molecule has 2 aliphatic rings. The van der Waals surface area contributed by atoms with Gasteiger partial charge in [-0.15, -0.1) is 0 Å². The number of fused-ring (bicyclic) bond motifs is 1. The molecular formula is C26H26NP. The molecule has 0 saturated carbocycles. The van der Waals surface area contributed by atoms with Crippen molar-refractivity contribution < 1.29 is 0 Å². The Labute approximate surface area is 169 Å². The molecule has 0 spiro atoms. The Hall–Kier alpha value is -2.37. The van der Waals surface area contributed by atoms with Gasteiger partial charge in [-0.25, -0.2) is 0 Å². The van der Waals surface area contributed by atoms with Gasteiger partial charge in [0.05, 0.1) is 0 Å². The number of allylic oxidation sites excluding steroid dienone is 2. The van der Waals surface area contributed by atoms with Crippen LogP contribution in [0.2, 0.25) is 0 Å². The molecular weight excluding hydrogens is 357 g/mol. The second kappa shape index (κ2) is 7.57. The van der Waals surface area contributed by atoms with Crippen LogP contribution in [0.4, 0.5) is 0 Å². The molecule has 3 unspecified atom stereocenters. The van der Waals surface area contributed by atoms with Gasteiger partial charge in [-0.05, 0) is 63.4 Å². The van der Waals surface area contributed by atoms with E-state index >= 15 is 0 Å². The molecule has 0 bridgehead atoms. The summed E-state index contributed by atoms with van der Waals surface area (Å²) in [5.41, 5.74) is 7.80. The van der Waals surface area contributed by atoms with E-state index in [1.165, 1.54) is 38.6 Å². The third-order valence-electron chi connectivity index (χ3n) is 5.94. The zero-order chi connectivity index (χ0) is 18.9. The Bertz CT molecular complexity index is 1060. The van der Waals surface area contributed by atoms with Crippen LogP contribution in [0.1, 0.15) is 36.6 Å². The molecule has 0 amide bonds. The second-order valence-electron chi connectivity index (χ2n) is 8.05. The predicted molar refractivity (Wildman–Crippen MR) is 124 cm³/mol. The molecule has 0 radical (unpaired) electrons. The van der Waals surface area contributed by atoms with Crippen LogP contribution >= 0.6 is 8.58 Å². The highest BCUT2D eigenvalue weighted by molar-refractivity contribution is 7.42. The Balaban J connectivity index is 1.85. The quantitative estimate of drug-likeness (QED) is 0.475. The third-order valence-corrected chi connectivity index (χ3v) is 7.31. The van der Waals surface area contributed by atoms with Crippen molar-refractivity contribution in [2.45, 2.75) is 25.4 Å². The molecule has 5 rings (SSSR count). The van der Waals surface area contributed by atoms with Crippen LogP contribution in [0.15, 0.2) is 78.8 Å². The summed E-state index contributed by atoms with van der Waals surface area (Å²) in [6.07, 6.45) is 6.92. The van der Waals surface area contributed by atoms with Crippen molar-refractivity contribution in [2.24, 2.45) is 5.92 Å². The lowest BCUT2D eigenvalue weighted by Gasteiger charge is -2.27. The van der Waals surface area contributed by atoms with Gasteiger partial charge in [0.2, 0.25) is 0 Å². The third kappa shape index (κ3) is 3.19. The fourth-order valence-electron chi connectivity index (χ4n) is 4.63. The zero-order valence-corrected chi connectivity index (χ0v) is 17.3. The molecule has 2 heteroatoms. The van der Waals surface area contributed by atoms with Gasteiger partial charge in [-0.3, -0.25) is 0 Å². The monoisotopic (exact) mass is 383 g/mol. The Kier molecular flexibility index (Phi) is 4.79. The van der Waals surface area contributed by atoms with E-state index in [-0.39, 0.29) is 0 Å². The van der Waals surface area contributed by atoms with E-state index in [2.05, 4.69) is 91.0 Å². The minimum absolute atomic E-state index is 0.605. The molecule has 3 atom stereocenters. The van der Waals surface area contributed by atoms with Crippen LogP contribution in [0.3, 0.4) is 0 Å². The molecule has 3 aromatic carbocycles. The summed E-state index contributed by atoms with van der Waals surface area (Å²) in [5, 5.41) is 6.28. The minimum atomic E-state index is 0.605. The van der Waals surface area contributed by atoms with Gasteiger partial charge in [0.1, 0.15) is 0 Å². The summed E-state index contributed by atoms with van der Waals surface area (Å²) in [4.78, 5) is 0. The smallest absolute Gasteiger partial charge is 0.0170 e. The van der Waals surface area contributed by atoms with Gasteiger partial charge in [0, 0.05) is 18.4 Å². The lowest BCUT2D eigenvalue weighted by Crippen LogP contribution is -2.21. The molecule has 0 aliphatic carbocycles. The maximum atomic E-state index is 3.54. The lowest BCUT2D eigenvalue weighted by molar-refractivity contribution is 0.551. The molecule has 28 heavy (non-hydrogen) atoms. The van der Waals surface area contributed by atoms with Crippen molar-refractivity contribution in [2.75, 3.05) is 6.54 Å². The molecule has 2 aliphatic heterocycles. The largest absolute Gasteiger partial charge is 0.390 e. The van der Waals surface area contributed by atoms with E-state index in [4.69, 9.17) is 0 Å². The standard InChI is InChI=1S/C26H26NP/c1-18-14-21(17-27-16-18)26-22-11-6-5-10-20(22)15-23(24-12-7-13-28-24)25(26)19-8-3-2-4-9-19/h2-11,13,15,17-18,24,27-28H,12,14,16H2,1H3. The SMILES string of the molecule is CC1CNC=C(c2c(-c3ccccc3)c(C3CC=CP3)cc3ccccc23)C1. The van der Waals surface area contributed by atoms with Gasteiger partial charge in [-0.1, -0.05) is 82.0 Å². The van der Waals surface area contributed by atoms with E-state index in [1.54, 1.807) is 0 Å². The minimum Gasteiger partial charge on any atom is -0.390 e. The van der Waals surface area contributed by atoms with Crippen molar-refractivity contribution in [3.8, 4) is 11.1 Å². The molecule has 2 heterocycles. The van der Waals surface area contributed by atoms with E-state index in [1.807, 2.05) is 0 Å². The summed E-state index contributed by atoms with van der Waals surface area (Å²) in [6.45, 7) is 3.41. The summed E-state index contributed by atoms with van der Waals surface area (Å²) in [7, 11) is 0.875. The first kappa shape index (κ1) is 17.7. The first-order valence-corrected chi connectivity index (χ1v) is 11.4. The first-order valence-electron chi connectivity index (χ1n) is 10.3. The lowest BCUT2D eigenvalue weighted by atomic mass is 9.82. The van der Waals surface area contributed by atoms with Crippen LogP contribution in [-0.2, 0) is 0 Å². The van der Waals surface area contributed by atoms with Gasteiger partial charge < -0.3 is 5.32 Å². The average molecular weight is 383 g/mol. The molecule has 3 aromatic rings. The predicted octanol–water partition coefficient (Wildman–Crippen LogP) is 7.11. The number of rotatable bonds is 3. The number of nitrogens with one attached hydrogen (secondary N) is 1. The van der Waals surface area contributed by atoms with Crippen LogP contribution in [-0.4, -0.2) is 6.54 Å². The van der Waals surface area contributed by atoms with Crippen molar-refractivity contribution >= 4 is 24.9 Å². The van der Waals surface area contributed by atoms with Crippen molar-refractivity contribution in [3.63, 3.8) is 0 Å². The molecule has 140 valence electrons. The first-order chi connectivity index (χ1) is 13.8. The van der Waals surface area contributed by atoms with Crippen LogP contribution < -0.4 is 5.32 Å². The number of benzene rings is 3. The average Bonchev–Trinajstić information content (AvgIpc) is 3.28. The van der Waals surface area contributed by atoms with E-state index < -0.39 is 0 Å². The number of hydrogen-bond donors (Lipinski definition) is 1. The van der Waals surface area contributed by atoms with Gasteiger partial charge >= 0.3 is 0 Å². The maximum absolute atomic E-state index is 3.54. The summed E-state index contributed by atoms with van der Waals surface area (Å²) in [5.74, 6) is 3.03. The van der Waals surface area contributed by atoms with Crippen LogP contribution in [0, 0.1) is 5.92 Å². The molecule has 0 fully saturated rings. The fourth-order valence-corrected chi connectivity index (χ4v) is 5.81. The van der Waals surface area contributed by atoms with E-state index in [9.17, 15) is 0 Å². The van der Waals surface area contributed by atoms with E-state index in [0.717, 1.165) is 28.0 Å². The van der Waals surface area contributed by atoms with E-state index in [0.29, 0.717) is 11.6 Å². The fraction of sp³-hybridized carbons (Fsp3) is 0.231. The summed E-state index contributed by atoms with van der Waals surface area (Å²) < 4.78 is 0. The highest BCUT2D eigenvalue weighted by Gasteiger charge is 2.25. The highest BCUT2D eigenvalue weighted by atomic mass is 31.1. The van der Waals surface area contributed by atoms with Gasteiger partial charge in [-0.2, -0.15) is 0 Å². The molecule has 1 nitrogen and oxygen atoms in total. The summed E-state index contributed by atoms with van der Waals surface area (Å²) >= 11 is 0. The maximum Gasteiger partial charge on any atom is 0.0170 e. The summed E-state index contributed by atoms with van der Waals surface area (Å²) in [6, 6.07) is 22.4. The van der Waals surface area contributed by atoms with Crippen LogP contribution in [0.25, 0.3) is 27.5 Å². The Morgan fingerprint density at radius 2 is 1.79 bits per heavy atom. The number of hydrogen-bond acceptors (Lipinski definition) is 1. The topological polar surface area (TPSA) is 12.0 Å².